The minimum absolute atomic E-state index is 0.146. The average molecular weight is 260 g/mol. The van der Waals surface area contributed by atoms with Gasteiger partial charge in [0.2, 0.25) is 5.82 Å². The molecule has 0 fully saturated rings. The van der Waals surface area contributed by atoms with Crippen molar-refractivity contribution in [3.8, 4) is 0 Å². The fraction of sp³-hybridized carbons (Fsp3) is 0.333. The Hall–Kier alpha value is -2.19. The van der Waals surface area contributed by atoms with Crippen LogP contribution in [0.15, 0.2) is 15.8 Å². The van der Waals surface area contributed by atoms with Crippen LogP contribution in [0.4, 0.5) is 13.2 Å². The predicted octanol–water partition coefficient (Wildman–Crippen LogP) is 0.0460. The summed E-state index contributed by atoms with van der Waals surface area (Å²) in [6, 6.07) is 0. The van der Waals surface area contributed by atoms with Gasteiger partial charge in [0.1, 0.15) is 5.39 Å². The molecule has 0 radical (unpaired) electrons. The van der Waals surface area contributed by atoms with Crippen LogP contribution in [0.3, 0.4) is 0 Å². The first kappa shape index (κ1) is 12.3. The van der Waals surface area contributed by atoms with E-state index in [0.717, 1.165) is 15.3 Å². The zero-order valence-corrected chi connectivity index (χ0v) is 9.32. The molecule has 2 rings (SSSR count). The van der Waals surface area contributed by atoms with Crippen LogP contribution >= 0.6 is 0 Å². The van der Waals surface area contributed by atoms with Gasteiger partial charge in [0.25, 0.3) is 5.56 Å². The monoisotopic (exact) mass is 260 g/mol. The van der Waals surface area contributed by atoms with E-state index >= 15 is 0 Å². The molecule has 0 spiro atoms. The summed E-state index contributed by atoms with van der Waals surface area (Å²) in [5.74, 6) is -1.39. The van der Waals surface area contributed by atoms with E-state index in [9.17, 15) is 22.8 Å². The van der Waals surface area contributed by atoms with Crippen LogP contribution in [0, 0.1) is 0 Å². The topological polar surface area (TPSA) is 69.8 Å². The molecule has 18 heavy (non-hydrogen) atoms. The molecule has 0 aliphatic carbocycles. The number of fused-ring (bicyclic) bond motifs is 1. The summed E-state index contributed by atoms with van der Waals surface area (Å²) in [4.78, 5) is 29.5. The Morgan fingerprint density at radius 3 is 2.33 bits per heavy atom. The van der Waals surface area contributed by atoms with Gasteiger partial charge in [0.15, 0.2) is 5.65 Å². The third-order valence-electron chi connectivity index (χ3n) is 2.45. The highest BCUT2D eigenvalue weighted by molar-refractivity contribution is 5.72. The molecule has 96 valence electrons. The van der Waals surface area contributed by atoms with E-state index in [0.29, 0.717) is 0 Å². The number of halogens is 3. The van der Waals surface area contributed by atoms with Crippen LogP contribution < -0.4 is 11.2 Å². The molecule has 0 aliphatic rings. The van der Waals surface area contributed by atoms with E-state index in [1.54, 1.807) is 0 Å². The number of rotatable bonds is 0. The highest BCUT2D eigenvalue weighted by Crippen LogP contribution is 2.26. The summed E-state index contributed by atoms with van der Waals surface area (Å²) >= 11 is 0. The van der Waals surface area contributed by atoms with Crippen molar-refractivity contribution in [1.29, 1.82) is 0 Å². The molecular weight excluding hydrogens is 253 g/mol. The zero-order chi connectivity index (χ0) is 13.7. The van der Waals surface area contributed by atoms with Gasteiger partial charge < -0.3 is 0 Å². The Bertz CT molecular complexity index is 744. The number of aryl methyl sites for hydroxylation is 1. The van der Waals surface area contributed by atoms with Crippen LogP contribution in [-0.4, -0.2) is 19.1 Å². The fourth-order valence-electron chi connectivity index (χ4n) is 1.50. The first-order chi connectivity index (χ1) is 8.23. The van der Waals surface area contributed by atoms with Crippen LogP contribution in [-0.2, 0) is 20.3 Å². The molecular formula is C9H7F3N4O2. The first-order valence-corrected chi connectivity index (χ1v) is 4.73. The smallest absolute Gasteiger partial charge is 0.280 e. The van der Waals surface area contributed by atoms with Crippen LogP contribution in [0.1, 0.15) is 5.82 Å². The molecule has 2 aromatic rings. The van der Waals surface area contributed by atoms with Gasteiger partial charge >= 0.3 is 11.9 Å². The predicted molar refractivity (Wildman–Crippen MR) is 55.0 cm³/mol. The van der Waals surface area contributed by atoms with Gasteiger partial charge in [-0.2, -0.15) is 13.2 Å². The second-order valence-corrected chi connectivity index (χ2v) is 3.63. The van der Waals surface area contributed by atoms with E-state index in [1.165, 1.54) is 14.1 Å². The minimum Gasteiger partial charge on any atom is -0.280 e. The Morgan fingerprint density at radius 2 is 1.78 bits per heavy atom. The van der Waals surface area contributed by atoms with E-state index in [4.69, 9.17) is 0 Å². The molecule has 0 N–H and O–H groups in total. The van der Waals surface area contributed by atoms with Crippen molar-refractivity contribution in [2.24, 2.45) is 14.1 Å². The van der Waals surface area contributed by atoms with Crippen LogP contribution in [0.5, 0.6) is 0 Å². The summed E-state index contributed by atoms with van der Waals surface area (Å²) in [5, 5.41) is -0.146. The van der Waals surface area contributed by atoms with E-state index < -0.39 is 23.2 Å². The normalized spacial score (nSPS) is 12.1. The van der Waals surface area contributed by atoms with Gasteiger partial charge in [-0.25, -0.2) is 14.8 Å². The number of nitrogens with zero attached hydrogens (tertiary/aromatic N) is 4. The molecule has 0 saturated carbocycles. The second-order valence-electron chi connectivity index (χ2n) is 3.63. The van der Waals surface area contributed by atoms with Gasteiger partial charge in [-0.05, 0) is 0 Å². The van der Waals surface area contributed by atoms with Crippen molar-refractivity contribution >= 4 is 11.0 Å². The van der Waals surface area contributed by atoms with Gasteiger partial charge in [0, 0.05) is 20.3 Å². The molecule has 2 heterocycles. The van der Waals surface area contributed by atoms with Crippen molar-refractivity contribution in [3.63, 3.8) is 0 Å². The third-order valence-corrected chi connectivity index (χ3v) is 2.45. The maximum Gasteiger partial charge on any atom is 0.451 e. The molecule has 0 aromatic carbocycles. The van der Waals surface area contributed by atoms with Crippen LogP contribution in [0.25, 0.3) is 11.0 Å². The summed E-state index contributed by atoms with van der Waals surface area (Å²) in [7, 11) is 2.46. The SMILES string of the molecule is Cn1c(=O)c2cnc(C(F)(F)F)nc2n(C)c1=O. The van der Waals surface area contributed by atoms with Crippen molar-refractivity contribution in [2.75, 3.05) is 0 Å². The van der Waals surface area contributed by atoms with Crippen molar-refractivity contribution < 1.29 is 13.2 Å². The van der Waals surface area contributed by atoms with Crippen LogP contribution in [0.2, 0.25) is 0 Å². The van der Waals surface area contributed by atoms with E-state index in [2.05, 4.69) is 9.97 Å². The van der Waals surface area contributed by atoms with E-state index in [1.807, 2.05) is 0 Å². The first-order valence-electron chi connectivity index (χ1n) is 4.73. The molecule has 6 nitrogen and oxygen atoms in total. The lowest BCUT2D eigenvalue weighted by molar-refractivity contribution is -0.144. The van der Waals surface area contributed by atoms with Crippen molar-refractivity contribution in [3.05, 3.63) is 32.9 Å². The second kappa shape index (κ2) is 3.65. The fourth-order valence-corrected chi connectivity index (χ4v) is 1.50. The average Bonchev–Trinajstić information content (AvgIpc) is 2.32. The number of hydrogen-bond donors (Lipinski definition) is 0. The molecule has 0 amide bonds. The Morgan fingerprint density at radius 1 is 1.17 bits per heavy atom. The third kappa shape index (κ3) is 1.67. The van der Waals surface area contributed by atoms with Gasteiger partial charge in [0.05, 0.1) is 0 Å². The Labute approximate surface area is 97.3 Å². The molecule has 0 atom stereocenters. The lowest BCUT2D eigenvalue weighted by Gasteiger charge is -2.08. The van der Waals surface area contributed by atoms with Gasteiger partial charge in [-0.1, -0.05) is 0 Å². The Kier molecular flexibility index (Phi) is 2.49. The highest BCUT2D eigenvalue weighted by atomic mass is 19.4. The number of aromatic nitrogens is 4. The summed E-state index contributed by atoms with van der Waals surface area (Å²) < 4.78 is 38.9. The number of alkyl halides is 3. The maximum atomic E-state index is 12.4. The summed E-state index contributed by atoms with van der Waals surface area (Å²) in [6.07, 6.45) is -3.96. The standard InChI is InChI=1S/C9H7F3N4O2/c1-15-5-4(6(17)16(2)8(15)18)3-13-7(14-5)9(10,11)12/h3H,1-2H3. The van der Waals surface area contributed by atoms with Gasteiger partial charge in [-0.15, -0.1) is 0 Å². The summed E-state index contributed by atoms with van der Waals surface area (Å²) in [5.41, 5.74) is -1.83. The highest BCUT2D eigenvalue weighted by Gasteiger charge is 2.35. The largest absolute Gasteiger partial charge is 0.451 e. The number of hydrogen-bond acceptors (Lipinski definition) is 4. The molecule has 9 heteroatoms. The van der Waals surface area contributed by atoms with E-state index in [-0.39, 0.29) is 11.0 Å². The minimum atomic E-state index is -4.73. The van der Waals surface area contributed by atoms with Crippen molar-refractivity contribution in [2.45, 2.75) is 6.18 Å². The maximum absolute atomic E-state index is 12.4. The van der Waals surface area contributed by atoms with Crippen molar-refractivity contribution in [1.82, 2.24) is 19.1 Å². The molecule has 2 aromatic heterocycles. The molecule has 0 bridgehead atoms. The summed E-state index contributed by atoms with van der Waals surface area (Å²) in [6.45, 7) is 0. The Balaban J connectivity index is 2.96. The molecule has 0 aliphatic heterocycles. The lowest BCUT2D eigenvalue weighted by Crippen LogP contribution is -2.37. The quantitative estimate of drug-likeness (QED) is 0.671. The molecule has 0 saturated heterocycles. The zero-order valence-electron chi connectivity index (χ0n) is 9.32. The molecule has 0 unspecified atom stereocenters. The lowest BCUT2D eigenvalue weighted by atomic mass is 10.4. The van der Waals surface area contributed by atoms with Gasteiger partial charge in [-0.3, -0.25) is 13.9 Å².